The minimum atomic E-state index is -0.519. The van der Waals surface area contributed by atoms with E-state index in [4.69, 9.17) is 5.73 Å². The van der Waals surface area contributed by atoms with Crippen molar-refractivity contribution in [3.8, 4) is 10.6 Å². The molecule has 9 heteroatoms. The van der Waals surface area contributed by atoms with E-state index in [1.54, 1.807) is 41.6 Å². The van der Waals surface area contributed by atoms with Crippen molar-refractivity contribution >= 4 is 34.7 Å². The smallest absolute Gasteiger partial charge is 0.265 e. The number of piperidine rings is 1. The maximum Gasteiger partial charge on any atom is 0.265 e. The molecule has 4 rings (SSSR count). The first-order valence-electron chi connectivity index (χ1n) is 10.3. The quantitative estimate of drug-likeness (QED) is 0.620. The number of thiazole rings is 1. The second-order valence-electron chi connectivity index (χ2n) is 7.70. The summed E-state index contributed by atoms with van der Waals surface area (Å²) in [6, 6.07) is 10.2. The van der Waals surface area contributed by atoms with Gasteiger partial charge in [-0.2, -0.15) is 0 Å². The van der Waals surface area contributed by atoms with Crippen LogP contribution in [0.25, 0.3) is 10.6 Å². The summed E-state index contributed by atoms with van der Waals surface area (Å²) in [5.74, 6) is -1.08. The van der Waals surface area contributed by atoms with Gasteiger partial charge in [-0.15, -0.1) is 11.3 Å². The molecule has 3 aromatic rings. The summed E-state index contributed by atoms with van der Waals surface area (Å²) in [5, 5.41) is 3.62. The molecule has 3 amide bonds. The number of nitrogens with zero attached hydrogens (tertiary/aromatic N) is 3. The zero-order valence-corrected chi connectivity index (χ0v) is 18.4. The van der Waals surface area contributed by atoms with Crippen LogP contribution in [0.1, 0.15) is 38.6 Å². The Kier molecular flexibility index (Phi) is 6.27. The predicted octanol–water partition coefficient (Wildman–Crippen LogP) is 3.10. The third-order valence-electron chi connectivity index (χ3n) is 5.42. The fraction of sp³-hybridized carbons (Fsp3) is 0.261. The first-order valence-corrected chi connectivity index (χ1v) is 11.1. The number of aryl methyl sites for hydroxylation is 1. The molecule has 164 valence electrons. The molecule has 1 aliphatic rings. The minimum absolute atomic E-state index is 0.0987. The number of nitrogens with two attached hydrogens (primary N) is 1. The lowest BCUT2D eigenvalue weighted by Crippen LogP contribution is -2.43. The van der Waals surface area contributed by atoms with Crippen molar-refractivity contribution in [2.75, 3.05) is 18.4 Å². The summed E-state index contributed by atoms with van der Waals surface area (Å²) in [4.78, 5) is 48.2. The van der Waals surface area contributed by atoms with E-state index in [0.29, 0.717) is 41.3 Å². The van der Waals surface area contributed by atoms with E-state index in [1.807, 2.05) is 19.1 Å². The number of nitrogens with one attached hydrogen (secondary N) is 1. The van der Waals surface area contributed by atoms with Crippen LogP contribution >= 0.6 is 11.3 Å². The minimum Gasteiger partial charge on any atom is -0.366 e. The van der Waals surface area contributed by atoms with Gasteiger partial charge in [-0.3, -0.25) is 19.4 Å². The molecule has 1 atom stereocenters. The molecule has 1 aromatic carbocycles. The maximum absolute atomic E-state index is 13.2. The van der Waals surface area contributed by atoms with Gasteiger partial charge >= 0.3 is 0 Å². The molecule has 0 aliphatic carbocycles. The summed E-state index contributed by atoms with van der Waals surface area (Å²) >= 11 is 1.35. The standard InChI is InChI=1S/C23H23N5O3S/c1-14-19(32-22(26-14)16-4-2-10-25-12-16)23(31)28-11-3-5-17(13-28)21(30)27-18-8-6-15(7-9-18)20(24)29/h2,4,6-10,12,17H,3,5,11,13H2,1H3,(H2,24,29)(H,27,30). The van der Waals surface area contributed by atoms with Gasteiger partial charge in [-0.25, -0.2) is 4.98 Å². The lowest BCUT2D eigenvalue weighted by atomic mass is 9.96. The Hall–Kier alpha value is -3.59. The number of anilines is 1. The Bertz CT molecular complexity index is 1140. The first kappa shape index (κ1) is 21.6. The van der Waals surface area contributed by atoms with Gasteiger partial charge < -0.3 is 16.0 Å². The number of aromatic nitrogens is 2. The van der Waals surface area contributed by atoms with Crippen molar-refractivity contribution in [1.82, 2.24) is 14.9 Å². The molecule has 1 saturated heterocycles. The van der Waals surface area contributed by atoms with Gasteiger partial charge in [-0.1, -0.05) is 0 Å². The van der Waals surface area contributed by atoms with Gasteiger partial charge in [-0.05, 0) is 56.2 Å². The van der Waals surface area contributed by atoms with Crippen molar-refractivity contribution < 1.29 is 14.4 Å². The number of amides is 3. The van der Waals surface area contributed by atoms with E-state index in [-0.39, 0.29) is 17.7 Å². The highest BCUT2D eigenvalue weighted by Gasteiger charge is 2.30. The van der Waals surface area contributed by atoms with Gasteiger partial charge in [0.2, 0.25) is 11.8 Å². The number of likely N-dealkylation sites (tertiary alicyclic amines) is 1. The highest BCUT2D eigenvalue weighted by atomic mass is 32.1. The normalized spacial score (nSPS) is 15.9. The average Bonchev–Trinajstić information content (AvgIpc) is 3.21. The Morgan fingerprint density at radius 3 is 2.66 bits per heavy atom. The lowest BCUT2D eigenvalue weighted by molar-refractivity contribution is -0.121. The zero-order valence-electron chi connectivity index (χ0n) is 17.6. The van der Waals surface area contributed by atoms with Crippen LogP contribution in [0.15, 0.2) is 48.8 Å². The molecule has 1 aliphatic heterocycles. The van der Waals surface area contributed by atoms with E-state index in [0.717, 1.165) is 17.0 Å². The molecule has 2 aromatic heterocycles. The van der Waals surface area contributed by atoms with Crippen LogP contribution in [0.4, 0.5) is 5.69 Å². The fourth-order valence-corrected chi connectivity index (χ4v) is 4.71. The molecule has 1 fully saturated rings. The molecule has 0 radical (unpaired) electrons. The fourth-order valence-electron chi connectivity index (χ4n) is 3.69. The van der Waals surface area contributed by atoms with Crippen molar-refractivity contribution in [3.63, 3.8) is 0 Å². The maximum atomic E-state index is 13.2. The van der Waals surface area contributed by atoms with Crippen molar-refractivity contribution in [3.05, 3.63) is 64.9 Å². The topological polar surface area (TPSA) is 118 Å². The van der Waals surface area contributed by atoms with Gasteiger partial charge in [0, 0.05) is 42.3 Å². The number of rotatable bonds is 5. The van der Waals surface area contributed by atoms with Crippen LogP contribution in [0, 0.1) is 12.8 Å². The van der Waals surface area contributed by atoms with E-state index >= 15 is 0 Å². The summed E-state index contributed by atoms with van der Waals surface area (Å²) in [7, 11) is 0. The van der Waals surface area contributed by atoms with Crippen LogP contribution < -0.4 is 11.1 Å². The second kappa shape index (κ2) is 9.27. The molecular formula is C23H23N5O3S. The van der Waals surface area contributed by atoms with E-state index in [1.165, 1.54) is 11.3 Å². The number of pyridine rings is 1. The third kappa shape index (κ3) is 4.67. The molecule has 0 spiro atoms. The van der Waals surface area contributed by atoms with Crippen LogP contribution in [0.5, 0.6) is 0 Å². The Labute approximate surface area is 189 Å². The van der Waals surface area contributed by atoms with Crippen molar-refractivity contribution in [2.24, 2.45) is 11.7 Å². The SMILES string of the molecule is Cc1nc(-c2cccnc2)sc1C(=O)N1CCCC(C(=O)Nc2ccc(C(N)=O)cc2)C1. The molecule has 8 nitrogen and oxygen atoms in total. The highest BCUT2D eigenvalue weighted by molar-refractivity contribution is 7.17. The van der Waals surface area contributed by atoms with Gasteiger partial charge in [0.25, 0.3) is 5.91 Å². The highest BCUT2D eigenvalue weighted by Crippen LogP contribution is 2.29. The lowest BCUT2D eigenvalue weighted by Gasteiger charge is -2.31. The third-order valence-corrected chi connectivity index (χ3v) is 6.61. The van der Waals surface area contributed by atoms with Crippen molar-refractivity contribution in [2.45, 2.75) is 19.8 Å². The van der Waals surface area contributed by atoms with Gasteiger partial charge in [0.1, 0.15) is 9.88 Å². The summed E-state index contributed by atoms with van der Waals surface area (Å²) in [6.45, 7) is 2.78. The van der Waals surface area contributed by atoms with Crippen LogP contribution in [-0.4, -0.2) is 45.7 Å². The first-order chi connectivity index (χ1) is 15.4. The number of primary amides is 1. The predicted molar refractivity (Wildman–Crippen MR) is 122 cm³/mol. The number of carbonyl (C=O) groups is 3. The Balaban J connectivity index is 1.43. The van der Waals surface area contributed by atoms with Gasteiger partial charge in [0.15, 0.2) is 0 Å². The zero-order chi connectivity index (χ0) is 22.7. The number of hydrogen-bond donors (Lipinski definition) is 2. The van der Waals surface area contributed by atoms with E-state index < -0.39 is 5.91 Å². The van der Waals surface area contributed by atoms with Crippen LogP contribution in [0.2, 0.25) is 0 Å². The molecular weight excluding hydrogens is 426 g/mol. The number of carbonyl (C=O) groups excluding carboxylic acids is 3. The molecule has 3 N–H and O–H groups in total. The van der Waals surface area contributed by atoms with Crippen LogP contribution in [-0.2, 0) is 4.79 Å². The summed E-state index contributed by atoms with van der Waals surface area (Å²) in [5.41, 5.74) is 7.77. The second-order valence-corrected chi connectivity index (χ2v) is 8.70. The van der Waals surface area contributed by atoms with E-state index in [9.17, 15) is 14.4 Å². The summed E-state index contributed by atoms with van der Waals surface area (Å²) < 4.78 is 0. The molecule has 0 saturated carbocycles. The Morgan fingerprint density at radius 2 is 1.97 bits per heavy atom. The van der Waals surface area contributed by atoms with Crippen LogP contribution in [0.3, 0.4) is 0 Å². The van der Waals surface area contributed by atoms with Crippen molar-refractivity contribution in [1.29, 1.82) is 0 Å². The summed E-state index contributed by atoms with van der Waals surface area (Å²) in [6.07, 6.45) is 4.88. The Morgan fingerprint density at radius 1 is 1.19 bits per heavy atom. The largest absolute Gasteiger partial charge is 0.366 e. The number of hydrogen-bond acceptors (Lipinski definition) is 6. The molecule has 0 bridgehead atoms. The average molecular weight is 450 g/mol. The van der Waals surface area contributed by atoms with E-state index in [2.05, 4.69) is 15.3 Å². The molecule has 32 heavy (non-hydrogen) atoms. The van der Waals surface area contributed by atoms with Gasteiger partial charge in [0.05, 0.1) is 11.6 Å². The monoisotopic (exact) mass is 449 g/mol. The molecule has 3 heterocycles. The number of benzene rings is 1. The molecule has 1 unspecified atom stereocenters.